The molecule has 0 unspecified atom stereocenters. The first-order valence-electron chi connectivity index (χ1n) is 8.92. The van der Waals surface area contributed by atoms with Gasteiger partial charge in [-0.1, -0.05) is 5.16 Å². The minimum atomic E-state index is -0.302. The fraction of sp³-hybridized carbons (Fsp3) is 0.500. The summed E-state index contributed by atoms with van der Waals surface area (Å²) in [5.74, 6) is 1.83. The Bertz CT molecular complexity index is 816. The molecule has 0 bridgehead atoms. The molecule has 0 spiro atoms. The lowest BCUT2D eigenvalue weighted by Gasteiger charge is -2.32. The zero-order chi connectivity index (χ0) is 20.1. The van der Waals surface area contributed by atoms with Crippen molar-refractivity contribution in [1.29, 1.82) is 0 Å². The van der Waals surface area contributed by atoms with Gasteiger partial charge in [-0.15, -0.1) is 0 Å². The number of carbonyl (C=O) groups excluding carboxylic acids is 1. The molecule has 28 heavy (non-hydrogen) atoms. The number of hydrogen-bond donors (Lipinski definition) is 0. The van der Waals surface area contributed by atoms with Gasteiger partial charge < -0.3 is 33.3 Å². The number of aromatic nitrogens is 2. The lowest BCUT2D eigenvalue weighted by molar-refractivity contribution is 0.104. The molecule has 10 heteroatoms. The maximum Gasteiger partial charge on any atom is 0.409 e. The van der Waals surface area contributed by atoms with Gasteiger partial charge in [0.1, 0.15) is 0 Å². The quantitative estimate of drug-likeness (QED) is 0.731. The second-order valence-corrected chi connectivity index (χ2v) is 5.96. The van der Waals surface area contributed by atoms with Crippen LogP contribution in [0.15, 0.2) is 16.7 Å². The number of carbonyl (C=O) groups is 1. The van der Waals surface area contributed by atoms with Crippen LogP contribution in [0.4, 0.5) is 10.8 Å². The van der Waals surface area contributed by atoms with E-state index in [4.69, 9.17) is 23.5 Å². The number of piperazine rings is 1. The summed E-state index contributed by atoms with van der Waals surface area (Å²) in [7, 11) is 4.63. The Kier molecular flexibility index (Phi) is 6.07. The average Bonchev–Trinajstić information content (AvgIpc) is 3.22. The van der Waals surface area contributed by atoms with E-state index in [1.165, 1.54) is 14.2 Å². The van der Waals surface area contributed by atoms with Gasteiger partial charge in [-0.05, 0) is 19.1 Å². The summed E-state index contributed by atoms with van der Waals surface area (Å²) in [6.45, 7) is 4.34. The molecule has 1 fully saturated rings. The predicted molar refractivity (Wildman–Crippen MR) is 100 cm³/mol. The number of amides is 1. The first kappa shape index (κ1) is 19.6. The monoisotopic (exact) mass is 392 g/mol. The van der Waals surface area contributed by atoms with E-state index in [2.05, 4.69) is 10.1 Å². The van der Waals surface area contributed by atoms with Crippen LogP contribution in [0.3, 0.4) is 0 Å². The van der Waals surface area contributed by atoms with Gasteiger partial charge in [0.05, 0.1) is 33.5 Å². The van der Waals surface area contributed by atoms with Crippen molar-refractivity contribution in [2.75, 3.05) is 59.0 Å². The molecule has 0 radical (unpaired) electrons. The number of methoxy groups -OCH3 is 3. The highest BCUT2D eigenvalue weighted by molar-refractivity contribution is 5.72. The molecule has 0 N–H and O–H groups in total. The highest BCUT2D eigenvalue weighted by atomic mass is 16.6. The topological polar surface area (TPSA) is 99.4 Å². The Morgan fingerprint density at radius 2 is 1.79 bits per heavy atom. The fourth-order valence-corrected chi connectivity index (χ4v) is 3.03. The van der Waals surface area contributed by atoms with Crippen molar-refractivity contribution in [2.45, 2.75) is 6.92 Å². The summed E-state index contributed by atoms with van der Waals surface area (Å²) in [4.78, 5) is 19.9. The van der Waals surface area contributed by atoms with Crippen molar-refractivity contribution in [3.05, 3.63) is 12.1 Å². The molecule has 2 heterocycles. The Balaban J connectivity index is 1.77. The Hall–Kier alpha value is -3.17. The van der Waals surface area contributed by atoms with Gasteiger partial charge in [0.15, 0.2) is 11.5 Å². The van der Waals surface area contributed by atoms with Gasteiger partial charge >= 0.3 is 12.1 Å². The lowest BCUT2D eigenvalue weighted by atomic mass is 10.1. The molecule has 0 saturated carbocycles. The van der Waals surface area contributed by atoms with Crippen molar-refractivity contribution in [2.24, 2.45) is 0 Å². The molecule has 2 aromatic rings. The molecule has 1 saturated heterocycles. The standard InChI is InChI=1S/C18H24N4O6/c1-5-27-18(23)22-10-8-21(9-11-22)17-19-16(20-28-17)12-6-7-13(24-2)15(26-4)14(12)25-3/h6-7H,5,8-11H2,1-4H3. The van der Waals surface area contributed by atoms with Crippen molar-refractivity contribution in [1.82, 2.24) is 15.0 Å². The number of hydrogen-bond acceptors (Lipinski definition) is 9. The zero-order valence-corrected chi connectivity index (χ0v) is 16.4. The van der Waals surface area contributed by atoms with Crippen LogP contribution in [0.1, 0.15) is 6.92 Å². The van der Waals surface area contributed by atoms with E-state index in [1.54, 1.807) is 31.1 Å². The van der Waals surface area contributed by atoms with Crippen LogP contribution < -0.4 is 19.1 Å². The van der Waals surface area contributed by atoms with Crippen LogP contribution in [-0.4, -0.2) is 75.2 Å². The zero-order valence-electron chi connectivity index (χ0n) is 16.4. The average molecular weight is 392 g/mol. The van der Waals surface area contributed by atoms with Crippen LogP contribution in [-0.2, 0) is 4.74 Å². The number of rotatable bonds is 6. The molecule has 1 aliphatic rings. The van der Waals surface area contributed by atoms with Crippen LogP contribution >= 0.6 is 0 Å². The van der Waals surface area contributed by atoms with Crippen LogP contribution in [0, 0.1) is 0 Å². The molecule has 152 valence electrons. The van der Waals surface area contributed by atoms with Crippen molar-refractivity contribution in [3.8, 4) is 28.6 Å². The third-order valence-corrected chi connectivity index (χ3v) is 4.44. The summed E-state index contributed by atoms with van der Waals surface area (Å²) in [5, 5.41) is 4.08. The first-order chi connectivity index (χ1) is 13.6. The molecule has 0 aliphatic carbocycles. The van der Waals surface area contributed by atoms with Crippen molar-refractivity contribution in [3.63, 3.8) is 0 Å². The summed E-state index contributed by atoms with van der Waals surface area (Å²) < 4.78 is 26.6. The number of anilines is 1. The van der Waals surface area contributed by atoms with Gasteiger partial charge in [-0.25, -0.2) is 4.79 Å². The highest BCUT2D eigenvalue weighted by Crippen LogP contribution is 2.43. The van der Waals surface area contributed by atoms with E-state index >= 15 is 0 Å². The molecular weight excluding hydrogens is 368 g/mol. The molecule has 3 rings (SSSR count). The number of ether oxygens (including phenoxy) is 4. The largest absolute Gasteiger partial charge is 0.493 e. The van der Waals surface area contributed by atoms with E-state index in [9.17, 15) is 4.79 Å². The summed E-state index contributed by atoms with van der Waals surface area (Å²) in [6.07, 6.45) is -0.302. The van der Waals surface area contributed by atoms with Crippen LogP contribution in [0.5, 0.6) is 17.2 Å². The molecule has 0 atom stereocenters. The van der Waals surface area contributed by atoms with Crippen LogP contribution in [0.2, 0.25) is 0 Å². The second-order valence-electron chi connectivity index (χ2n) is 5.96. The van der Waals surface area contributed by atoms with Crippen molar-refractivity contribution < 1.29 is 28.3 Å². The predicted octanol–water partition coefficient (Wildman–Crippen LogP) is 2.04. The summed E-state index contributed by atoms with van der Waals surface area (Å²) >= 11 is 0. The summed E-state index contributed by atoms with van der Waals surface area (Å²) in [6, 6.07) is 3.92. The van der Waals surface area contributed by atoms with Crippen LogP contribution in [0.25, 0.3) is 11.4 Å². The fourth-order valence-electron chi connectivity index (χ4n) is 3.03. The van der Waals surface area contributed by atoms with E-state index in [0.29, 0.717) is 67.4 Å². The van der Waals surface area contributed by atoms with Crippen molar-refractivity contribution >= 4 is 12.1 Å². The second kappa shape index (κ2) is 8.68. The minimum absolute atomic E-state index is 0.302. The van der Waals surface area contributed by atoms with Gasteiger partial charge in [0, 0.05) is 26.2 Å². The molecule has 1 aromatic heterocycles. The summed E-state index contributed by atoms with van der Waals surface area (Å²) in [5.41, 5.74) is 0.625. The molecule has 10 nitrogen and oxygen atoms in total. The number of benzene rings is 1. The number of nitrogens with zero attached hydrogens (tertiary/aromatic N) is 4. The first-order valence-corrected chi connectivity index (χ1v) is 8.92. The highest BCUT2D eigenvalue weighted by Gasteiger charge is 2.26. The van der Waals surface area contributed by atoms with Gasteiger partial charge in [0.2, 0.25) is 11.6 Å². The Morgan fingerprint density at radius 3 is 2.39 bits per heavy atom. The third-order valence-electron chi connectivity index (χ3n) is 4.44. The Morgan fingerprint density at radius 1 is 1.07 bits per heavy atom. The minimum Gasteiger partial charge on any atom is -0.493 e. The van der Waals surface area contributed by atoms with Gasteiger partial charge in [0.25, 0.3) is 0 Å². The maximum absolute atomic E-state index is 11.8. The molecule has 1 aliphatic heterocycles. The van der Waals surface area contributed by atoms with E-state index in [0.717, 1.165) is 0 Å². The molecular formula is C18H24N4O6. The normalized spacial score (nSPS) is 14.0. The molecule has 1 aromatic carbocycles. The SMILES string of the molecule is CCOC(=O)N1CCN(c2nc(-c3ccc(OC)c(OC)c3OC)no2)CC1. The van der Waals surface area contributed by atoms with E-state index in [-0.39, 0.29) is 6.09 Å². The maximum atomic E-state index is 11.8. The third kappa shape index (κ3) is 3.75. The van der Waals surface area contributed by atoms with E-state index in [1.807, 2.05) is 4.90 Å². The van der Waals surface area contributed by atoms with Gasteiger partial charge in [-0.3, -0.25) is 0 Å². The molecule has 1 amide bonds. The van der Waals surface area contributed by atoms with E-state index < -0.39 is 0 Å². The van der Waals surface area contributed by atoms with Gasteiger partial charge in [-0.2, -0.15) is 4.98 Å². The Labute approximate surface area is 162 Å². The smallest absolute Gasteiger partial charge is 0.409 e. The lowest BCUT2D eigenvalue weighted by Crippen LogP contribution is -2.49.